The van der Waals surface area contributed by atoms with Gasteiger partial charge in [-0.2, -0.15) is 5.11 Å². The number of benzene rings is 1. The van der Waals surface area contributed by atoms with E-state index in [1.165, 1.54) is 5.01 Å². The van der Waals surface area contributed by atoms with Crippen LogP contribution in [0.4, 0.5) is 0 Å². The number of nitrogens with zero attached hydrogens (tertiary/aromatic N) is 3. The van der Waals surface area contributed by atoms with Crippen LogP contribution in [-0.4, -0.2) is 16.5 Å². The SMILES string of the molecule is CC1(C)N=NN(Cc2ccccc2)C1=O. The van der Waals surface area contributed by atoms with Crippen LogP contribution in [0.3, 0.4) is 0 Å². The van der Waals surface area contributed by atoms with Crippen LogP contribution >= 0.6 is 0 Å². The first kappa shape index (κ1) is 9.83. The minimum atomic E-state index is -0.700. The third kappa shape index (κ3) is 1.88. The molecular formula is C11H13N3O. The first-order chi connectivity index (χ1) is 7.09. The number of rotatable bonds is 2. The Morgan fingerprint density at radius 2 is 1.93 bits per heavy atom. The highest BCUT2D eigenvalue weighted by Crippen LogP contribution is 2.23. The second kappa shape index (κ2) is 3.46. The van der Waals surface area contributed by atoms with Gasteiger partial charge in [-0.1, -0.05) is 35.6 Å². The maximum absolute atomic E-state index is 11.8. The fraction of sp³-hybridized carbons (Fsp3) is 0.364. The molecule has 4 nitrogen and oxygen atoms in total. The minimum Gasteiger partial charge on any atom is -0.270 e. The zero-order valence-electron chi connectivity index (χ0n) is 8.84. The van der Waals surface area contributed by atoms with Crippen molar-refractivity contribution < 1.29 is 4.79 Å². The highest BCUT2D eigenvalue weighted by Gasteiger charge is 2.37. The molecule has 0 N–H and O–H groups in total. The van der Waals surface area contributed by atoms with Crippen LogP contribution in [-0.2, 0) is 11.3 Å². The molecule has 0 fully saturated rings. The Kier molecular flexibility index (Phi) is 2.26. The van der Waals surface area contributed by atoms with Crippen LogP contribution in [0.1, 0.15) is 19.4 Å². The molecule has 0 saturated heterocycles. The van der Waals surface area contributed by atoms with Crippen molar-refractivity contribution in [3.63, 3.8) is 0 Å². The van der Waals surface area contributed by atoms with E-state index in [-0.39, 0.29) is 5.91 Å². The predicted octanol–water partition coefficient (Wildman–Crippen LogP) is 2.17. The lowest BCUT2D eigenvalue weighted by molar-refractivity contribution is -0.133. The number of amides is 1. The van der Waals surface area contributed by atoms with Crippen molar-refractivity contribution in [2.75, 3.05) is 0 Å². The fourth-order valence-corrected chi connectivity index (χ4v) is 1.42. The third-order valence-electron chi connectivity index (χ3n) is 2.34. The van der Waals surface area contributed by atoms with Gasteiger partial charge in [0.25, 0.3) is 5.91 Å². The number of hydrogen-bond acceptors (Lipinski definition) is 3. The number of carbonyl (C=O) groups is 1. The Labute approximate surface area is 88.6 Å². The summed E-state index contributed by atoms with van der Waals surface area (Å²) >= 11 is 0. The average molecular weight is 203 g/mol. The molecule has 15 heavy (non-hydrogen) atoms. The molecule has 1 heterocycles. The lowest BCUT2D eigenvalue weighted by atomic mass is 10.1. The summed E-state index contributed by atoms with van der Waals surface area (Å²) in [5, 5.41) is 9.21. The van der Waals surface area contributed by atoms with E-state index in [4.69, 9.17) is 0 Å². The number of hydrogen-bond donors (Lipinski definition) is 0. The maximum Gasteiger partial charge on any atom is 0.273 e. The Morgan fingerprint density at radius 1 is 1.27 bits per heavy atom. The largest absolute Gasteiger partial charge is 0.273 e. The lowest BCUT2D eigenvalue weighted by Crippen LogP contribution is -2.35. The first-order valence-corrected chi connectivity index (χ1v) is 4.88. The van der Waals surface area contributed by atoms with Crippen LogP contribution in [0, 0.1) is 0 Å². The predicted molar refractivity (Wildman–Crippen MR) is 55.9 cm³/mol. The molecular weight excluding hydrogens is 190 g/mol. The maximum atomic E-state index is 11.8. The van der Waals surface area contributed by atoms with E-state index in [1.807, 2.05) is 30.3 Å². The molecule has 4 heteroatoms. The van der Waals surface area contributed by atoms with Crippen LogP contribution in [0.2, 0.25) is 0 Å². The van der Waals surface area contributed by atoms with E-state index >= 15 is 0 Å². The second-order valence-corrected chi connectivity index (χ2v) is 4.10. The molecule has 1 aliphatic rings. The van der Waals surface area contributed by atoms with Crippen molar-refractivity contribution >= 4 is 5.91 Å². The van der Waals surface area contributed by atoms with Gasteiger partial charge in [0.15, 0.2) is 5.54 Å². The molecule has 0 saturated carbocycles. The molecule has 2 rings (SSSR count). The molecule has 0 bridgehead atoms. The van der Waals surface area contributed by atoms with Gasteiger partial charge in [0.2, 0.25) is 0 Å². The van der Waals surface area contributed by atoms with Crippen molar-refractivity contribution in [3.05, 3.63) is 35.9 Å². The quantitative estimate of drug-likeness (QED) is 0.726. The Bertz CT molecular complexity index is 398. The van der Waals surface area contributed by atoms with E-state index in [2.05, 4.69) is 10.3 Å². The van der Waals surface area contributed by atoms with E-state index in [9.17, 15) is 4.79 Å². The minimum absolute atomic E-state index is 0.0497. The zero-order valence-corrected chi connectivity index (χ0v) is 8.84. The van der Waals surface area contributed by atoms with Gasteiger partial charge in [0.05, 0.1) is 6.54 Å². The summed E-state index contributed by atoms with van der Waals surface area (Å²) in [7, 11) is 0. The molecule has 0 spiro atoms. The van der Waals surface area contributed by atoms with Crippen molar-refractivity contribution in [2.24, 2.45) is 10.3 Å². The van der Waals surface area contributed by atoms with Gasteiger partial charge in [-0.3, -0.25) is 4.79 Å². The fourth-order valence-electron chi connectivity index (χ4n) is 1.42. The smallest absolute Gasteiger partial charge is 0.270 e. The molecule has 0 aromatic heterocycles. The standard InChI is InChI=1S/C11H13N3O/c1-11(2)10(15)14(13-12-11)8-9-6-4-3-5-7-9/h3-7H,8H2,1-2H3. The molecule has 1 aromatic rings. The average Bonchev–Trinajstić information content (AvgIpc) is 2.47. The molecule has 0 atom stereocenters. The van der Waals surface area contributed by atoms with Crippen LogP contribution in [0.15, 0.2) is 40.7 Å². The summed E-state index contributed by atoms with van der Waals surface area (Å²) in [5.74, 6) is -0.0497. The van der Waals surface area contributed by atoms with Crippen LogP contribution < -0.4 is 0 Å². The summed E-state index contributed by atoms with van der Waals surface area (Å²) in [6.07, 6.45) is 0. The van der Waals surface area contributed by atoms with Crippen molar-refractivity contribution in [1.29, 1.82) is 0 Å². The van der Waals surface area contributed by atoms with Gasteiger partial charge in [0.1, 0.15) is 0 Å². The Balaban J connectivity index is 2.10. The van der Waals surface area contributed by atoms with Crippen LogP contribution in [0.25, 0.3) is 0 Å². The molecule has 0 aliphatic carbocycles. The van der Waals surface area contributed by atoms with Crippen molar-refractivity contribution in [2.45, 2.75) is 25.9 Å². The molecule has 0 radical (unpaired) electrons. The number of carbonyl (C=O) groups excluding carboxylic acids is 1. The second-order valence-electron chi connectivity index (χ2n) is 4.10. The van der Waals surface area contributed by atoms with Gasteiger partial charge in [-0.05, 0) is 19.4 Å². The summed E-state index contributed by atoms with van der Waals surface area (Å²) in [5.41, 5.74) is 0.358. The summed E-state index contributed by atoms with van der Waals surface area (Å²) < 4.78 is 0. The van der Waals surface area contributed by atoms with Gasteiger partial charge >= 0.3 is 0 Å². The van der Waals surface area contributed by atoms with Gasteiger partial charge in [-0.25, -0.2) is 5.01 Å². The molecule has 1 aromatic carbocycles. The molecule has 1 amide bonds. The monoisotopic (exact) mass is 203 g/mol. The topological polar surface area (TPSA) is 45.0 Å². The summed E-state index contributed by atoms with van der Waals surface area (Å²) in [6, 6.07) is 9.76. The Morgan fingerprint density at radius 3 is 2.47 bits per heavy atom. The first-order valence-electron chi connectivity index (χ1n) is 4.88. The highest BCUT2D eigenvalue weighted by atomic mass is 16.2. The van der Waals surface area contributed by atoms with Gasteiger partial charge < -0.3 is 0 Å². The van der Waals surface area contributed by atoms with Crippen LogP contribution in [0.5, 0.6) is 0 Å². The summed E-state index contributed by atoms with van der Waals surface area (Å²) in [4.78, 5) is 11.8. The van der Waals surface area contributed by atoms with E-state index < -0.39 is 5.54 Å². The van der Waals surface area contributed by atoms with Gasteiger partial charge in [-0.15, -0.1) is 0 Å². The molecule has 0 unspecified atom stereocenters. The third-order valence-corrected chi connectivity index (χ3v) is 2.34. The van der Waals surface area contributed by atoms with Crippen molar-refractivity contribution in [1.82, 2.24) is 5.01 Å². The Hall–Kier alpha value is -1.71. The van der Waals surface area contributed by atoms with E-state index in [1.54, 1.807) is 13.8 Å². The molecule has 1 aliphatic heterocycles. The van der Waals surface area contributed by atoms with Gasteiger partial charge in [0, 0.05) is 0 Å². The highest BCUT2D eigenvalue weighted by molar-refractivity contribution is 5.86. The molecule has 78 valence electrons. The van der Waals surface area contributed by atoms with Crippen molar-refractivity contribution in [3.8, 4) is 0 Å². The van der Waals surface area contributed by atoms with E-state index in [0.717, 1.165) is 5.56 Å². The normalized spacial score (nSPS) is 18.5. The zero-order chi connectivity index (χ0) is 10.9. The summed E-state index contributed by atoms with van der Waals surface area (Å²) in [6.45, 7) is 4.03. The van der Waals surface area contributed by atoms with E-state index in [0.29, 0.717) is 6.54 Å². The lowest BCUT2D eigenvalue weighted by Gasteiger charge is -2.14.